The molecular weight excluding hydrogens is 462 g/mol. The lowest BCUT2D eigenvalue weighted by atomic mass is 9.72. The van der Waals surface area contributed by atoms with Gasteiger partial charge in [0.1, 0.15) is 0 Å². The van der Waals surface area contributed by atoms with Gasteiger partial charge in [-0.1, -0.05) is 60.2 Å². The van der Waals surface area contributed by atoms with Gasteiger partial charge in [0.2, 0.25) is 11.0 Å². The zero-order valence-electron chi connectivity index (χ0n) is 22.6. The second-order valence-electron chi connectivity index (χ2n) is 12.3. The summed E-state index contributed by atoms with van der Waals surface area (Å²) in [6.45, 7) is 21.1. The quantitative estimate of drug-likeness (QED) is 0.463. The second-order valence-corrected chi connectivity index (χ2v) is 14.9. The smallest absolute Gasteiger partial charge is 0.247 e. The lowest BCUT2D eigenvalue weighted by molar-refractivity contribution is -0.116. The number of aliphatic imine (C=N–C) groups is 1. The summed E-state index contributed by atoms with van der Waals surface area (Å²) >= 11 is 3.05. The summed E-state index contributed by atoms with van der Waals surface area (Å²) in [5.74, 6) is -0.0960. The Morgan fingerprint density at radius 2 is 1.74 bits per heavy atom. The Morgan fingerprint density at radius 3 is 2.21 bits per heavy atom. The average molecular weight is 504 g/mol. The molecule has 0 aromatic carbocycles. The molecule has 0 radical (unpaired) electrons. The van der Waals surface area contributed by atoms with E-state index >= 15 is 0 Å². The van der Waals surface area contributed by atoms with E-state index in [1.807, 2.05) is 34.6 Å². The standard InChI is InChI=1S/C27H41N3O2S2/c1-15-16(2)22(31)29-21(15)20(23(32)34-24(3,4)5)17-12-25(6,7)18(28-17)13-27(10)26(8,9)14-19(30-27)33-11/h13,21,28H,12,14H2,1-11H3,(H,29,31)/b18-13+,20-17+. The van der Waals surface area contributed by atoms with Crippen LogP contribution in [-0.4, -0.2) is 38.6 Å². The first-order chi connectivity index (χ1) is 15.4. The molecule has 3 aliphatic rings. The van der Waals surface area contributed by atoms with Crippen molar-refractivity contribution in [3.8, 4) is 0 Å². The maximum atomic E-state index is 13.6. The van der Waals surface area contributed by atoms with E-state index in [4.69, 9.17) is 4.99 Å². The van der Waals surface area contributed by atoms with E-state index in [1.165, 1.54) is 16.8 Å². The van der Waals surface area contributed by atoms with Crippen molar-refractivity contribution in [3.05, 3.63) is 34.2 Å². The van der Waals surface area contributed by atoms with E-state index < -0.39 is 6.04 Å². The van der Waals surface area contributed by atoms with Crippen molar-refractivity contribution in [1.82, 2.24) is 10.6 Å². The number of hydrogen-bond donors (Lipinski definition) is 2. The molecule has 5 nitrogen and oxygen atoms in total. The van der Waals surface area contributed by atoms with Gasteiger partial charge in [-0.05, 0) is 50.5 Å². The SMILES string of the molecule is CSC1=NC(C)(/C=C2/N/C(=C(/C(=O)SC(C)(C)C)C3NC(=O)C(C)=C3C)CC2(C)C)C(C)(C)C1. The number of hydrogen-bond acceptors (Lipinski definition) is 6. The Balaban J connectivity index is 2.11. The van der Waals surface area contributed by atoms with Crippen LogP contribution in [0.3, 0.4) is 0 Å². The van der Waals surface area contributed by atoms with Crippen molar-refractivity contribution >= 4 is 39.6 Å². The van der Waals surface area contributed by atoms with Crippen molar-refractivity contribution in [1.29, 1.82) is 0 Å². The van der Waals surface area contributed by atoms with Crippen LogP contribution in [0.5, 0.6) is 0 Å². The number of allylic oxidation sites excluding steroid dienone is 2. The lowest BCUT2D eigenvalue weighted by Crippen LogP contribution is -2.36. The molecule has 7 heteroatoms. The normalized spacial score (nSPS) is 31.0. The van der Waals surface area contributed by atoms with Crippen LogP contribution < -0.4 is 10.6 Å². The van der Waals surface area contributed by atoms with E-state index in [0.29, 0.717) is 17.6 Å². The predicted molar refractivity (Wildman–Crippen MR) is 147 cm³/mol. The minimum absolute atomic E-state index is 0.000821. The third kappa shape index (κ3) is 5.06. The fourth-order valence-corrected chi connectivity index (χ4v) is 6.41. The van der Waals surface area contributed by atoms with Gasteiger partial charge in [0.25, 0.3) is 0 Å². The van der Waals surface area contributed by atoms with Gasteiger partial charge < -0.3 is 10.6 Å². The highest BCUT2D eigenvalue weighted by Crippen LogP contribution is 2.49. The van der Waals surface area contributed by atoms with E-state index in [-0.39, 0.29) is 32.1 Å². The molecule has 0 spiro atoms. The van der Waals surface area contributed by atoms with Crippen LogP contribution in [0.15, 0.2) is 39.2 Å². The maximum Gasteiger partial charge on any atom is 0.247 e. The highest BCUT2D eigenvalue weighted by Gasteiger charge is 2.48. The van der Waals surface area contributed by atoms with Gasteiger partial charge in [-0.15, -0.1) is 11.8 Å². The van der Waals surface area contributed by atoms with E-state index in [9.17, 15) is 9.59 Å². The minimum Gasteiger partial charge on any atom is -0.362 e. The third-order valence-corrected chi connectivity index (χ3v) is 9.21. The van der Waals surface area contributed by atoms with Crippen molar-refractivity contribution in [2.24, 2.45) is 15.8 Å². The van der Waals surface area contributed by atoms with E-state index in [1.54, 1.807) is 11.8 Å². The highest BCUT2D eigenvalue weighted by atomic mass is 32.2. The Kier molecular flexibility index (Phi) is 7.08. The minimum atomic E-state index is -0.396. The van der Waals surface area contributed by atoms with Gasteiger partial charge in [-0.2, -0.15) is 0 Å². The largest absolute Gasteiger partial charge is 0.362 e. The number of thioether (sulfide) groups is 2. The molecule has 0 aliphatic carbocycles. The second kappa shape index (κ2) is 8.88. The molecule has 0 bridgehead atoms. The molecule has 2 unspecified atom stereocenters. The molecule has 1 amide bonds. The Bertz CT molecular complexity index is 1040. The van der Waals surface area contributed by atoms with Crippen LogP contribution in [0, 0.1) is 10.8 Å². The molecule has 2 N–H and O–H groups in total. The average Bonchev–Trinajstić information content (AvgIpc) is 3.19. The molecule has 3 aliphatic heterocycles. The number of carbonyl (C=O) groups excluding carboxylic acids is 2. The van der Waals surface area contributed by atoms with Gasteiger partial charge in [-0.3, -0.25) is 14.6 Å². The molecule has 2 atom stereocenters. The van der Waals surface area contributed by atoms with Crippen molar-refractivity contribution in [3.63, 3.8) is 0 Å². The van der Waals surface area contributed by atoms with Gasteiger partial charge in [-0.25, -0.2) is 0 Å². The number of rotatable bonds is 3. The number of carbonyl (C=O) groups is 2. The zero-order chi connectivity index (χ0) is 25.9. The van der Waals surface area contributed by atoms with Gasteiger partial charge in [0.15, 0.2) is 0 Å². The third-order valence-electron chi connectivity index (χ3n) is 7.49. The fraction of sp³-hybridized carbons (Fsp3) is 0.667. The molecular formula is C27H41N3O2S2. The Labute approximate surface area is 214 Å². The Hall–Kier alpha value is -1.47. The van der Waals surface area contributed by atoms with Crippen LogP contribution >= 0.6 is 23.5 Å². The first kappa shape index (κ1) is 27.1. The van der Waals surface area contributed by atoms with Crippen molar-refractivity contribution in [2.75, 3.05) is 6.26 Å². The molecule has 34 heavy (non-hydrogen) atoms. The van der Waals surface area contributed by atoms with Gasteiger partial charge in [0, 0.05) is 33.6 Å². The van der Waals surface area contributed by atoms with Gasteiger partial charge >= 0.3 is 0 Å². The molecule has 3 rings (SSSR count). The van der Waals surface area contributed by atoms with Crippen LogP contribution in [-0.2, 0) is 9.59 Å². The molecule has 1 fully saturated rings. The summed E-state index contributed by atoms with van der Waals surface area (Å²) < 4.78 is -0.227. The first-order valence-electron chi connectivity index (χ1n) is 12.0. The molecule has 1 saturated heterocycles. The fourth-order valence-electron chi connectivity index (χ4n) is 4.72. The summed E-state index contributed by atoms with van der Waals surface area (Å²) in [5.41, 5.74) is 3.78. The lowest BCUT2D eigenvalue weighted by Gasteiger charge is -2.35. The van der Waals surface area contributed by atoms with E-state index in [2.05, 4.69) is 57.6 Å². The van der Waals surface area contributed by atoms with Crippen molar-refractivity contribution in [2.45, 2.75) is 98.4 Å². The number of nitrogens with zero attached hydrogens (tertiary/aromatic N) is 1. The highest BCUT2D eigenvalue weighted by molar-refractivity contribution is 8.15. The number of amides is 1. The van der Waals surface area contributed by atoms with E-state index in [0.717, 1.165) is 23.4 Å². The van der Waals surface area contributed by atoms with Gasteiger partial charge in [0.05, 0.1) is 22.2 Å². The maximum absolute atomic E-state index is 13.6. The molecule has 0 aromatic heterocycles. The summed E-state index contributed by atoms with van der Waals surface area (Å²) in [4.78, 5) is 31.2. The summed E-state index contributed by atoms with van der Waals surface area (Å²) in [6.07, 6.45) is 6.04. The van der Waals surface area contributed by atoms with Crippen LogP contribution in [0.4, 0.5) is 0 Å². The zero-order valence-corrected chi connectivity index (χ0v) is 24.3. The van der Waals surface area contributed by atoms with Crippen LogP contribution in [0.25, 0.3) is 0 Å². The van der Waals surface area contributed by atoms with Crippen LogP contribution in [0.1, 0.15) is 82.1 Å². The molecule has 188 valence electrons. The molecule has 0 saturated carbocycles. The molecule has 0 aromatic rings. The molecule has 3 heterocycles. The Morgan fingerprint density at radius 1 is 1.12 bits per heavy atom. The first-order valence-corrected chi connectivity index (χ1v) is 14.0. The summed E-state index contributed by atoms with van der Waals surface area (Å²) in [5, 5.41) is 7.91. The topological polar surface area (TPSA) is 70.6 Å². The summed E-state index contributed by atoms with van der Waals surface area (Å²) in [6, 6.07) is -0.396. The van der Waals surface area contributed by atoms with Crippen molar-refractivity contribution < 1.29 is 9.59 Å². The monoisotopic (exact) mass is 503 g/mol. The summed E-state index contributed by atoms with van der Waals surface area (Å²) in [7, 11) is 0. The predicted octanol–water partition coefficient (Wildman–Crippen LogP) is 5.99. The number of nitrogens with one attached hydrogen (secondary N) is 2. The van der Waals surface area contributed by atoms with Crippen LogP contribution in [0.2, 0.25) is 0 Å².